The number of carbonyl (C=O) groups excluding carboxylic acids is 1. The molecule has 1 rings (SSSR count). The van der Waals surface area contributed by atoms with Gasteiger partial charge in [-0.1, -0.05) is 39.5 Å². The molecule has 1 nitrogen and oxygen atoms in total. The van der Waals surface area contributed by atoms with E-state index in [1.54, 1.807) is 0 Å². The van der Waals surface area contributed by atoms with Gasteiger partial charge in [0.1, 0.15) is 0 Å². The van der Waals surface area contributed by atoms with Crippen LogP contribution in [0.15, 0.2) is 22.7 Å². The van der Waals surface area contributed by atoms with Crippen molar-refractivity contribution in [2.75, 3.05) is 5.75 Å². The second-order valence-corrected chi connectivity index (χ2v) is 5.71. The molecule has 0 amide bonds. The summed E-state index contributed by atoms with van der Waals surface area (Å²) >= 11 is 4.01. The molecule has 0 aliphatic rings. The summed E-state index contributed by atoms with van der Waals surface area (Å²) in [6, 6.07) is 3.86. The molecule has 0 N–H and O–H groups in total. The number of halogens is 4. The van der Waals surface area contributed by atoms with Crippen LogP contribution in [-0.4, -0.2) is 10.9 Å². The average molecular weight is 351 g/mol. The van der Waals surface area contributed by atoms with Crippen molar-refractivity contribution in [2.45, 2.75) is 19.5 Å². The van der Waals surface area contributed by atoms with Gasteiger partial charge in [-0.15, -0.1) is 0 Å². The van der Waals surface area contributed by atoms with Crippen molar-refractivity contribution in [1.82, 2.24) is 0 Å². The zero-order chi connectivity index (χ0) is 14.5. The Balaban J connectivity index is 2.75. The highest BCUT2D eigenvalue weighted by Gasteiger charge is 2.32. The third kappa shape index (κ3) is 5.70. The van der Waals surface area contributed by atoms with Crippen molar-refractivity contribution >= 4 is 32.8 Å². The SMILES string of the molecule is CC(=O)SCCC#Cc1ccc(Br)c(C(F)(F)F)c1. The minimum atomic E-state index is -4.40. The van der Waals surface area contributed by atoms with E-state index in [9.17, 15) is 18.0 Å². The topological polar surface area (TPSA) is 17.1 Å². The van der Waals surface area contributed by atoms with Gasteiger partial charge in [-0.05, 0) is 18.2 Å². The van der Waals surface area contributed by atoms with Gasteiger partial charge in [0.25, 0.3) is 0 Å². The summed E-state index contributed by atoms with van der Waals surface area (Å²) in [6.07, 6.45) is -3.94. The lowest BCUT2D eigenvalue weighted by Gasteiger charge is -2.08. The lowest BCUT2D eigenvalue weighted by atomic mass is 10.1. The van der Waals surface area contributed by atoms with Gasteiger partial charge < -0.3 is 0 Å². The fourth-order valence-corrected chi connectivity index (χ4v) is 2.19. The van der Waals surface area contributed by atoms with Crippen LogP contribution in [0.5, 0.6) is 0 Å². The van der Waals surface area contributed by atoms with Gasteiger partial charge in [-0.25, -0.2) is 0 Å². The summed E-state index contributed by atoms with van der Waals surface area (Å²) < 4.78 is 37.9. The first-order valence-electron chi connectivity index (χ1n) is 5.29. The third-order valence-electron chi connectivity index (χ3n) is 2.04. The van der Waals surface area contributed by atoms with Gasteiger partial charge in [0, 0.05) is 29.1 Å². The Kier molecular flexibility index (Phi) is 5.95. The molecular formula is C13H10BrF3OS. The first-order chi connectivity index (χ1) is 8.80. The summed E-state index contributed by atoms with van der Waals surface area (Å²) in [6.45, 7) is 1.46. The Labute approximate surface area is 122 Å². The van der Waals surface area contributed by atoms with Crippen LogP contribution in [0, 0.1) is 11.8 Å². The van der Waals surface area contributed by atoms with Crippen molar-refractivity contribution in [1.29, 1.82) is 0 Å². The number of carbonyl (C=O) groups is 1. The lowest BCUT2D eigenvalue weighted by Crippen LogP contribution is -2.06. The van der Waals surface area contributed by atoms with E-state index in [4.69, 9.17) is 0 Å². The summed E-state index contributed by atoms with van der Waals surface area (Å²) in [5, 5.41) is 0.00444. The maximum Gasteiger partial charge on any atom is 0.417 e. The minimum Gasteiger partial charge on any atom is -0.288 e. The monoisotopic (exact) mass is 350 g/mol. The van der Waals surface area contributed by atoms with Gasteiger partial charge >= 0.3 is 6.18 Å². The predicted octanol–water partition coefficient (Wildman–Crippen LogP) is 4.49. The van der Waals surface area contributed by atoms with E-state index in [0.29, 0.717) is 17.7 Å². The predicted molar refractivity (Wildman–Crippen MR) is 73.8 cm³/mol. The van der Waals surface area contributed by atoms with Crippen molar-refractivity contribution in [3.8, 4) is 11.8 Å². The second kappa shape index (κ2) is 7.01. The standard InChI is InChI=1S/C13H10BrF3OS/c1-9(18)19-7-3-2-4-10-5-6-12(14)11(8-10)13(15,16)17/h5-6,8H,3,7H2,1H3. The molecule has 0 fully saturated rings. The summed E-state index contributed by atoms with van der Waals surface area (Å²) in [4.78, 5) is 10.7. The molecule has 0 aromatic heterocycles. The molecular weight excluding hydrogens is 341 g/mol. The molecule has 102 valence electrons. The van der Waals surface area contributed by atoms with E-state index in [0.717, 1.165) is 17.8 Å². The molecule has 0 saturated heterocycles. The molecule has 1 aromatic rings. The molecule has 0 aliphatic heterocycles. The zero-order valence-corrected chi connectivity index (χ0v) is 12.4. The Morgan fingerprint density at radius 1 is 1.42 bits per heavy atom. The second-order valence-electron chi connectivity index (χ2n) is 3.58. The van der Waals surface area contributed by atoms with Crippen LogP contribution in [0.3, 0.4) is 0 Å². The first kappa shape index (κ1) is 16.1. The maximum atomic E-state index is 12.6. The van der Waals surface area contributed by atoms with Gasteiger partial charge in [0.05, 0.1) is 5.56 Å². The number of thioether (sulfide) groups is 1. The smallest absolute Gasteiger partial charge is 0.288 e. The highest BCUT2D eigenvalue weighted by Crippen LogP contribution is 2.35. The van der Waals surface area contributed by atoms with E-state index >= 15 is 0 Å². The Morgan fingerprint density at radius 2 is 2.11 bits per heavy atom. The first-order valence-corrected chi connectivity index (χ1v) is 7.07. The van der Waals surface area contributed by atoms with Gasteiger partial charge in [0.15, 0.2) is 5.12 Å². The van der Waals surface area contributed by atoms with Gasteiger partial charge in [-0.2, -0.15) is 13.2 Å². The number of hydrogen-bond acceptors (Lipinski definition) is 2. The Hall–Kier alpha value is -0.930. The van der Waals surface area contributed by atoms with Gasteiger partial charge in [0.2, 0.25) is 0 Å². The fourth-order valence-electron chi connectivity index (χ4n) is 1.23. The van der Waals surface area contributed by atoms with Crippen LogP contribution in [-0.2, 0) is 11.0 Å². The molecule has 6 heteroatoms. The fraction of sp³-hybridized carbons (Fsp3) is 0.308. The summed E-state index contributed by atoms with van der Waals surface area (Å²) in [5.74, 6) is 5.96. The molecule has 0 unspecified atom stereocenters. The van der Waals surface area contributed by atoms with E-state index in [-0.39, 0.29) is 9.59 Å². The van der Waals surface area contributed by atoms with Crippen molar-refractivity contribution < 1.29 is 18.0 Å². The van der Waals surface area contributed by atoms with E-state index in [2.05, 4.69) is 27.8 Å². The van der Waals surface area contributed by atoms with Crippen LogP contribution >= 0.6 is 27.7 Å². The Morgan fingerprint density at radius 3 is 2.68 bits per heavy atom. The maximum absolute atomic E-state index is 12.6. The highest BCUT2D eigenvalue weighted by atomic mass is 79.9. The van der Waals surface area contributed by atoms with Crippen LogP contribution < -0.4 is 0 Å². The van der Waals surface area contributed by atoms with Crippen molar-refractivity contribution in [3.05, 3.63) is 33.8 Å². The number of hydrogen-bond donors (Lipinski definition) is 0. The van der Waals surface area contributed by atoms with Crippen molar-refractivity contribution in [3.63, 3.8) is 0 Å². The molecule has 0 aliphatic carbocycles. The Bertz CT molecular complexity index is 529. The highest BCUT2D eigenvalue weighted by molar-refractivity contribution is 9.10. The molecule has 0 radical (unpaired) electrons. The lowest BCUT2D eigenvalue weighted by molar-refractivity contribution is -0.138. The normalized spacial score (nSPS) is 10.8. The number of alkyl halides is 3. The molecule has 19 heavy (non-hydrogen) atoms. The molecule has 0 saturated carbocycles. The summed E-state index contributed by atoms with van der Waals surface area (Å²) in [5.41, 5.74) is -0.430. The molecule has 1 aromatic carbocycles. The van der Waals surface area contributed by atoms with Crippen LogP contribution in [0.4, 0.5) is 13.2 Å². The van der Waals surface area contributed by atoms with Gasteiger partial charge in [-0.3, -0.25) is 4.79 Å². The van der Waals surface area contributed by atoms with Crippen molar-refractivity contribution in [2.24, 2.45) is 0 Å². The van der Waals surface area contributed by atoms with Crippen LogP contribution in [0.25, 0.3) is 0 Å². The van der Waals surface area contributed by atoms with E-state index in [1.807, 2.05) is 0 Å². The van der Waals surface area contributed by atoms with Crippen LogP contribution in [0.2, 0.25) is 0 Å². The quantitative estimate of drug-likeness (QED) is 0.577. The molecule has 0 bridgehead atoms. The molecule has 0 spiro atoms. The third-order valence-corrected chi connectivity index (χ3v) is 3.54. The van der Waals surface area contributed by atoms with E-state index < -0.39 is 11.7 Å². The number of benzene rings is 1. The van der Waals surface area contributed by atoms with Crippen LogP contribution in [0.1, 0.15) is 24.5 Å². The molecule has 0 atom stereocenters. The average Bonchev–Trinajstić information content (AvgIpc) is 2.28. The summed E-state index contributed by atoms with van der Waals surface area (Å²) in [7, 11) is 0. The minimum absolute atomic E-state index is 0.00214. The van der Waals surface area contributed by atoms with E-state index in [1.165, 1.54) is 19.1 Å². The largest absolute Gasteiger partial charge is 0.417 e. The molecule has 0 heterocycles. The number of rotatable bonds is 2. The zero-order valence-electron chi connectivity index (χ0n) is 9.97.